The molecule has 0 fully saturated rings. The number of benzene rings is 1. The minimum atomic E-state index is -0.668. The molecule has 21 heavy (non-hydrogen) atoms. The van der Waals surface area contributed by atoms with Crippen LogP contribution in [-0.4, -0.2) is 35.7 Å². The number of hydrogen-bond acceptors (Lipinski definition) is 4. The molecule has 0 aromatic heterocycles. The summed E-state index contributed by atoms with van der Waals surface area (Å²) in [7, 11) is 5.09. The molecule has 3 nitrogen and oxygen atoms in total. The third-order valence-corrected chi connectivity index (χ3v) is 3.13. The van der Waals surface area contributed by atoms with E-state index in [-0.39, 0.29) is 47.0 Å². The van der Waals surface area contributed by atoms with E-state index >= 15 is 0 Å². The van der Waals surface area contributed by atoms with Crippen molar-refractivity contribution in [1.29, 1.82) is 0 Å². The molecule has 0 radical (unpaired) electrons. The summed E-state index contributed by atoms with van der Waals surface area (Å²) in [5.41, 5.74) is 1.11. The zero-order chi connectivity index (χ0) is 15.5. The molecule has 0 aliphatic rings. The molecule has 4 unspecified atom stereocenters. The summed E-state index contributed by atoms with van der Waals surface area (Å²) in [6, 6.07) is 9.87. The van der Waals surface area contributed by atoms with Crippen LogP contribution < -0.4 is 0 Å². The molecule has 2 N–H and O–H groups in total. The van der Waals surface area contributed by atoms with Gasteiger partial charge in [-0.15, -0.1) is 9.12 Å². The van der Waals surface area contributed by atoms with Crippen molar-refractivity contribution in [2.45, 2.75) is 32.4 Å². The second-order valence-corrected chi connectivity index (χ2v) is 5.61. The third-order valence-electron chi connectivity index (χ3n) is 2.97. The average Bonchev–Trinajstić information content (AvgIpc) is 2.46. The number of rotatable bonds is 7. The molecule has 116 valence electrons. The zero-order valence-electron chi connectivity index (χ0n) is 12.4. The van der Waals surface area contributed by atoms with Gasteiger partial charge in [-0.3, -0.25) is 0 Å². The van der Waals surface area contributed by atoms with Crippen molar-refractivity contribution < 1.29 is 36.6 Å². The Morgan fingerprint density at radius 3 is 2.29 bits per heavy atom. The van der Waals surface area contributed by atoms with Gasteiger partial charge in [-0.05, 0) is 26.9 Å². The Kier molecular flexibility index (Phi) is 16.5. The van der Waals surface area contributed by atoms with Crippen molar-refractivity contribution in [3.8, 4) is 0 Å². The van der Waals surface area contributed by atoms with E-state index in [1.807, 2.05) is 44.1 Å². The van der Waals surface area contributed by atoms with Crippen LogP contribution in [0.4, 0.5) is 0 Å². The van der Waals surface area contributed by atoms with Crippen molar-refractivity contribution in [3.63, 3.8) is 0 Å². The van der Waals surface area contributed by atoms with E-state index < -0.39 is 6.10 Å². The van der Waals surface area contributed by atoms with Crippen LogP contribution >= 0.6 is 17.1 Å². The maximum absolute atomic E-state index is 10.2. The maximum Gasteiger partial charge on any atom is 0.312 e. The average molecular weight is 380 g/mol. The Bertz CT molecular complexity index is 363. The summed E-state index contributed by atoms with van der Waals surface area (Å²) in [6.45, 7) is 3.68. The van der Waals surface area contributed by atoms with E-state index in [0.717, 1.165) is 5.56 Å². The van der Waals surface area contributed by atoms with Gasteiger partial charge in [0.2, 0.25) is 0 Å². The molecule has 4 atom stereocenters. The molecule has 8 heteroatoms. The fraction of sp³-hybridized carbons (Fsp3) is 0.538. The van der Waals surface area contributed by atoms with Gasteiger partial charge in [0, 0.05) is 34.2 Å². The van der Waals surface area contributed by atoms with E-state index in [0.29, 0.717) is 6.42 Å². The van der Waals surface area contributed by atoms with Gasteiger partial charge in [0.1, 0.15) is 0 Å². The Labute approximate surface area is 152 Å². The summed E-state index contributed by atoms with van der Waals surface area (Å²) in [5.74, 6) is -0.203. The summed E-state index contributed by atoms with van der Waals surface area (Å²) in [5, 5.41) is 19.6. The first-order chi connectivity index (χ1) is 9.54. The molecule has 0 saturated heterocycles. The molecular formula is C13H23BO3P2STi. The van der Waals surface area contributed by atoms with Crippen molar-refractivity contribution in [1.82, 2.24) is 0 Å². The summed E-state index contributed by atoms with van der Waals surface area (Å²) in [4.78, 5) is 0. The van der Waals surface area contributed by atoms with Gasteiger partial charge in [0.25, 0.3) is 0 Å². The van der Waals surface area contributed by atoms with Gasteiger partial charge in [-0.2, -0.15) is 0 Å². The maximum atomic E-state index is 10.2. The molecule has 0 saturated carbocycles. The fourth-order valence-corrected chi connectivity index (χ4v) is 2.26. The fourth-order valence-electron chi connectivity index (χ4n) is 2.01. The molecule has 0 amide bonds. The molecule has 1 aromatic rings. The molecule has 0 aliphatic heterocycles. The quantitative estimate of drug-likeness (QED) is 0.563. The van der Waals surface area contributed by atoms with E-state index in [4.69, 9.17) is 4.65 Å². The van der Waals surface area contributed by atoms with Crippen molar-refractivity contribution >= 4 is 35.6 Å². The first-order valence-electron chi connectivity index (χ1n) is 6.49. The van der Waals surface area contributed by atoms with Crippen molar-refractivity contribution in [2.24, 2.45) is 5.92 Å². The van der Waals surface area contributed by atoms with E-state index in [1.54, 1.807) is 0 Å². The second-order valence-electron chi connectivity index (χ2n) is 4.67. The minimum Gasteiger partial charge on any atom is -0.427 e. The first kappa shape index (κ1) is 24.1. The Hall–Kier alpha value is 0.829. The van der Waals surface area contributed by atoms with Crippen LogP contribution in [0, 0.1) is 5.92 Å². The molecular weight excluding hydrogens is 357 g/mol. The number of hydrogen-bond donors (Lipinski definition) is 2. The first-order valence-corrected chi connectivity index (χ1v) is 8.79. The predicted octanol–water partition coefficient (Wildman–Crippen LogP) is 2.19. The van der Waals surface area contributed by atoms with Crippen LogP contribution in [-0.2, 0) is 44.6 Å². The second kappa shape index (κ2) is 14.4. The third kappa shape index (κ3) is 10.3. The van der Waals surface area contributed by atoms with Gasteiger partial charge in [-0.1, -0.05) is 49.0 Å². The van der Waals surface area contributed by atoms with Crippen LogP contribution in [0.25, 0.3) is 0 Å². The molecule has 1 rings (SSSR count). The van der Waals surface area contributed by atoms with Crippen LogP contribution in [0.3, 0.4) is 0 Å². The van der Waals surface area contributed by atoms with Crippen LogP contribution in [0.1, 0.15) is 12.5 Å². The van der Waals surface area contributed by atoms with Gasteiger partial charge in [0.15, 0.2) is 0 Å². The monoisotopic (exact) mass is 380 g/mol. The van der Waals surface area contributed by atoms with Gasteiger partial charge >= 0.3 is 6.64 Å². The summed E-state index contributed by atoms with van der Waals surface area (Å²) >= 11 is 3.89. The Morgan fingerprint density at radius 2 is 1.86 bits per heavy atom. The van der Waals surface area contributed by atoms with Crippen molar-refractivity contribution in [3.05, 3.63) is 35.9 Å². The standard InChI is InChI=1S/C13H22BO3P.HPS.Ti/c1-10(17-14(2)18)13(16)12(9-15)8-11-6-4-3-5-7-11;1-2;/h3-7,10,12-13,15-16H,8-9,18H2,1-2H3;1H;. The molecule has 0 heterocycles. The predicted molar refractivity (Wildman–Crippen MR) is 94.3 cm³/mol. The molecule has 0 spiro atoms. The van der Waals surface area contributed by atoms with Gasteiger partial charge in [-0.25, -0.2) is 0 Å². The summed E-state index contributed by atoms with van der Waals surface area (Å²) in [6.07, 6.45) is -0.311. The van der Waals surface area contributed by atoms with Crippen LogP contribution in [0.15, 0.2) is 30.3 Å². The molecule has 0 bridgehead atoms. The Balaban J connectivity index is 0. The zero-order valence-corrected chi connectivity index (χ0v) is 16.9. The molecule has 0 aliphatic carbocycles. The molecule has 1 aromatic carbocycles. The Morgan fingerprint density at radius 1 is 1.33 bits per heavy atom. The summed E-state index contributed by atoms with van der Waals surface area (Å²) < 4.78 is 5.53. The number of aliphatic hydroxyl groups excluding tert-OH is 2. The van der Waals surface area contributed by atoms with Crippen LogP contribution in [0.5, 0.6) is 0 Å². The van der Waals surface area contributed by atoms with Crippen molar-refractivity contribution in [2.75, 3.05) is 6.61 Å². The van der Waals surface area contributed by atoms with Gasteiger partial charge < -0.3 is 14.9 Å². The normalized spacial score (nSPS) is 14.0. The smallest absolute Gasteiger partial charge is 0.312 e. The van der Waals surface area contributed by atoms with Crippen LogP contribution in [0.2, 0.25) is 6.82 Å². The van der Waals surface area contributed by atoms with E-state index in [2.05, 4.69) is 28.9 Å². The topological polar surface area (TPSA) is 49.7 Å². The van der Waals surface area contributed by atoms with E-state index in [9.17, 15) is 10.2 Å². The SMILES string of the molecule is CB(P)OC(C)C(O)C(CO)Cc1ccccc1.P=S.[Ti]. The van der Waals surface area contributed by atoms with Gasteiger partial charge in [0.05, 0.1) is 12.2 Å². The minimum absolute atomic E-state index is 0. The largest absolute Gasteiger partial charge is 0.427 e. The van der Waals surface area contributed by atoms with E-state index in [1.165, 1.54) is 0 Å². The number of aliphatic hydroxyl groups is 2.